The van der Waals surface area contributed by atoms with Gasteiger partial charge in [0.05, 0.1) is 11.4 Å². The minimum absolute atomic E-state index is 0.0739. The summed E-state index contributed by atoms with van der Waals surface area (Å²) in [5, 5.41) is 13.5. The van der Waals surface area contributed by atoms with Gasteiger partial charge in [0.15, 0.2) is 5.69 Å². The van der Waals surface area contributed by atoms with Crippen molar-refractivity contribution < 1.29 is 9.90 Å². The molecule has 1 aromatic heterocycles. The highest BCUT2D eigenvalue weighted by atomic mass is 16.4. The maximum Gasteiger partial charge on any atom is 0.356 e. The lowest BCUT2D eigenvalue weighted by molar-refractivity contribution is 0.0690. The highest BCUT2D eigenvalue weighted by Gasteiger charge is 2.24. The van der Waals surface area contributed by atoms with Gasteiger partial charge in [-0.3, -0.25) is 0 Å². The van der Waals surface area contributed by atoms with Crippen molar-refractivity contribution in [3.8, 4) is 5.69 Å². The van der Waals surface area contributed by atoms with E-state index < -0.39 is 5.97 Å². The maximum atomic E-state index is 11.2. The van der Waals surface area contributed by atoms with E-state index in [2.05, 4.69) is 58.8 Å². The Morgan fingerprint density at radius 2 is 1.55 bits per heavy atom. The van der Waals surface area contributed by atoms with Crippen molar-refractivity contribution in [2.45, 2.75) is 52.4 Å². The third kappa shape index (κ3) is 3.21. The van der Waals surface area contributed by atoms with E-state index in [0.717, 1.165) is 11.4 Å². The first-order valence-corrected chi connectivity index (χ1v) is 7.45. The summed E-state index contributed by atoms with van der Waals surface area (Å²) in [5.41, 5.74) is 2.97. The van der Waals surface area contributed by atoms with Gasteiger partial charge in [-0.25, -0.2) is 9.48 Å². The van der Waals surface area contributed by atoms with Crippen LogP contribution in [0.15, 0.2) is 30.3 Å². The third-order valence-electron chi connectivity index (χ3n) is 3.67. The Balaban J connectivity index is 2.54. The van der Waals surface area contributed by atoms with Gasteiger partial charge in [-0.05, 0) is 29.2 Å². The molecule has 118 valence electrons. The fourth-order valence-corrected chi connectivity index (χ4v) is 2.32. The number of benzene rings is 1. The van der Waals surface area contributed by atoms with Crippen molar-refractivity contribution >= 4 is 5.97 Å². The van der Waals surface area contributed by atoms with Crippen molar-refractivity contribution in [1.29, 1.82) is 0 Å². The van der Waals surface area contributed by atoms with E-state index >= 15 is 0 Å². The Bertz CT molecular complexity index is 683. The molecule has 2 aromatic rings. The molecule has 0 aliphatic heterocycles. The molecule has 1 aromatic carbocycles. The number of aromatic carboxylic acids is 1. The van der Waals surface area contributed by atoms with Gasteiger partial charge in [-0.1, -0.05) is 53.7 Å². The number of aromatic nitrogens is 2. The Hall–Kier alpha value is -2.10. The number of rotatable bonds is 2. The average molecular weight is 300 g/mol. The van der Waals surface area contributed by atoms with E-state index in [0.29, 0.717) is 0 Å². The monoisotopic (exact) mass is 300 g/mol. The summed E-state index contributed by atoms with van der Waals surface area (Å²) in [4.78, 5) is 11.2. The highest BCUT2D eigenvalue weighted by Crippen LogP contribution is 2.28. The number of nitrogens with zero attached hydrogens (tertiary/aromatic N) is 2. The van der Waals surface area contributed by atoms with Crippen LogP contribution >= 0.6 is 0 Å². The molecule has 2 rings (SSSR count). The summed E-state index contributed by atoms with van der Waals surface area (Å²) >= 11 is 0. The lowest BCUT2D eigenvalue weighted by Gasteiger charge is -2.22. The molecule has 0 bridgehead atoms. The van der Waals surface area contributed by atoms with Crippen LogP contribution in [0.5, 0.6) is 0 Å². The number of carboxylic acid groups (broad SMARTS) is 1. The minimum Gasteiger partial charge on any atom is -0.476 e. The zero-order valence-corrected chi connectivity index (χ0v) is 14.1. The van der Waals surface area contributed by atoms with Crippen molar-refractivity contribution in [2.75, 3.05) is 0 Å². The molecule has 1 N–H and O–H groups in total. The van der Waals surface area contributed by atoms with Crippen LogP contribution in [-0.4, -0.2) is 20.9 Å². The molecule has 0 atom stereocenters. The fraction of sp³-hybridized carbons (Fsp3) is 0.444. The lowest BCUT2D eigenvalue weighted by atomic mass is 9.87. The smallest absolute Gasteiger partial charge is 0.356 e. The Labute approximate surface area is 131 Å². The molecule has 0 spiro atoms. The largest absolute Gasteiger partial charge is 0.476 e. The summed E-state index contributed by atoms with van der Waals surface area (Å²) in [7, 11) is 0. The van der Waals surface area contributed by atoms with E-state index in [1.54, 1.807) is 10.7 Å². The van der Waals surface area contributed by atoms with Crippen molar-refractivity contribution in [2.24, 2.45) is 0 Å². The summed E-state index contributed by atoms with van der Waals surface area (Å²) in [6, 6.07) is 9.79. The number of hydrogen-bond donors (Lipinski definition) is 1. The zero-order chi connectivity index (χ0) is 16.7. The first-order valence-electron chi connectivity index (χ1n) is 7.45. The second-order valence-electron chi connectivity index (χ2n) is 7.68. The van der Waals surface area contributed by atoms with Crippen LogP contribution in [0.1, 0.15) is 63.3 Å². The van der Waals surface area contributed by atoms with Gasteiger partial charge < -0.3 is 5.11 Å². The van der Waals surface area contributed by atoms with Gasteiger partial charge in [-0.2, -0.15) is 5.10 Å². The highest BCUT2D eigenvalue weighted by molar-refractivity contribution is 5.85. The van der Waals surface area contributed by atoms with E-state index in [9.17, 15) is 9.90 Å². The van der Waals surface area contributed by atoms with Crippen LogP contribution in [-0.2, 0) is 10.8 Å². The molecule has 0 saturated heterocycles. The third-order valence-corrected chi connectivity index (χ3v) is 3.67. The van der Waals surface area contributed by atoms with Crippen molar-refractivity contribution in [1.82, 2.24) is 9.78 Å². The van der Waals surface area contributed by atoms with E-state index in [1.807, 2.05) is 12.1 Å². The molecule has 22 heavy (non-hydrogen) atoms. The Morgan fingerprint density at radius 1 is 1.00 bits per heavy atom. The van der Waals surface area contributed by atoms with Crippen LogP contribution < -0.4 is 0 Å². The van der Waals surface area contributed by atoms with Crippen molar-refractivity contribution in [3.05, 3.63) is 47.3 Å². The Kier molecular flexibility index (Phi) is 3.90. The van der Waals surface area contributed by atoms with E-state index in [4.69, 9.17) is 0 Å². The van der Waals surface area contributed by atoms with Crippen LogP contribution in [0.4, 0.5) is 0 Å². The quantitative estimate of drug-likeness (QED) is 0.905. The molecular formula is C18H24N2O2. The van der Waals surface area contributed by atoms with Crippen LogP contribution in [0.25, 0.3) is 5.69 Å². The van der Waals surface area contributed by atoms with E-state index in [1.165, 1.54) is 5.56 Å². The van der Waals surface area contributed by atoms with Crippen LogP contribution in [0.2, 0.25) is 0 Å². The fourth-order valence-electron chi connectivity index (χ4n) is 2.32. The second kappa shape index (κ2) is 5.27. The molecule has 0 unspecified atom stereocenters. The predicted molar refractivity (Wildman–Crippen MR) is 87.9 cm³/mol. The molecule has 0 radical (unpaired) electrons. The molecule has 0 fully saturated rings. The van der Waals surface area contributed by atoms with Crippen LogP contribution in [0, 0.1) is 0 Å². The summed E-state index contributed by atoms with van der Waals surface area (Å²) < 4.78 is 1.73. The van der Waals surface area contributed by atoms with Gasteiger partial charge >= 0.3 is 5.97 Å². The number of carbonyl (C=O) groups is 1. The van der Waals surface area contributed by atoms with Gasteiger partial charge in [0.2, 0.25) is 0 Å². The summed E-state index contributed by atoms with van der Waals surface area (Å²) in [6.07, 6.45) is 0. The zero-order valence-electron chi connectivity index (χ0n) is 14.1. The molecule has 4 nitrogen and oxygen atoms in total. The predicted octanol–water partition coefficient (Wildman–Crippen LogP) is 4.17. The first kappa shape index (κ1) is 16.3. The van der Waals surface area contributed by atoms with Gasteiger partial charge in [-0.15, -0.1) is 0 Å². The molecule has 4 heteroatoms. The molecule has 0 amide bonds. The van der Waals surface area contributed by atoms with Crippen LogP contribution in [0.3, 0.4) is 0 Å². The molecule has 0 aliphatic carbocycles. The standard InChI is InChI=1S/C18H24N2O2/c1-17(2,3)12-7-9-13(10-8-12)20-15(18(4,5)6)11-14(19-20)16(21)22/h7-11H,1-6H3,(H,21,22). The first-order chi connectivity index (χ1) is 10.00. The maximum absolute atomic E-state index is 11.2. The topological polar surface area (TPSA) is 55.1 Å². The molecular weight excluding hydrogens is 276 g/mol. The average Bonchev–Trinajstić information content (AvgIpc) is 2.83. The second-order valence-corrected chi connectivity index (χ2v) is 7.68. The molecule has 1 heterocycles. The Morgan fingerprint density at radius 3 is 1.95 bits per heavy atom. The summed E-state index contributed by atoms with van der Waals surface area (Å²) in [5.74, 6) is -1.00. The van der Waals surface area contributed by atoms with Gasteiger partial charge in [0, 0.05) is 5.41 Å². The lowest BCUT2D eigenvalue weighted by Crippen LogP contribution is -2.17. The van der Waals surface area contributed by atoms with Gasteiger partial charge in [0.25, 0.3) is 0 Å². The normalized spacial score (nSPS) is 12.5. The minimum atomic E-state index is -1.00. The number of hydrogen-bond acceptors (Lipinski definition) is 2. The number of carboxylic acids is 1. The van der Waals surface area contributed by atoms with Gasteiger partial charge in [0.1, 0.15) is 0 Å². The van der Waals surface area contributed by atoms with Crippen molar-refractivity contribution in [3.63, 3.8) is 0 Å². The molecule has 0 aliphatic rings. The van der Waals surface area contributed by atoms with E-state index in [-0.39, 0.29) is 16.5 Å². The molecule has 0 saturated carbocycles. The summed E-state index contributed by atoms with van der Waals surface area (Å²) in [6.45, 7) is 12.7. The SMILES string of the molecule is CC(C)(C)c1ccc(-n2nc(C(=O)O)cc2C(C)(C)C)cc1.